The van der Waals surface area contributed by atoms with Crippen LogP contribution in [-0.2, 0) is 22.5 Å². The predicted molar refractivity (Wildman–Crippen MR) is 116 cm³/mol. The summed E-state index contributed by atoms with van der Waals surface area (Å²) < 4.78 is 5.34. The van der Waals surface area contributed by atoms with Crippen LogP contribution < -0.4 is 0 Å². The van der Waals surface area contributed by atoms with Crippen molar-refractivity contribution < 1.29 is 14.6 Å². The number of amidine groups is 1. The highest BCUT2D eigenvalue weighted by molar-refractivity contribution is 6.01. The molecule has 30 heavy (non-hydrogen) atoms. The van der Waals surface area contributed by atoms with Gasteiger partial charge >= 0.3 is 0 Å². The lowest BCUT2D eigenvalue weighted by molar-refractivity contribution is -0.119. The number of aromatic nitrogens is 1. The van der Waals surface area contributed by atoms with E-state index >= 15 is 0 Å². The number of benzene rings is 1. The first-order chi connectivity index (χ1) is 14.6. The molecule has 1 aromatic heterocycles. The van der Waals surface area contributed by atoms with Crippen LogP contribution in [0.1, 0.15) is 47.6 Å². The van der Waals surface area contributed by atoms with E-state index in [1.165, 1.54) is 0 Å². The molecule has 158 valence electrons. The van der Waals surface area contributed by atoms with E-state index in [4.69, 9.17) is 9.73 Å². The van der Waals surface area contributed by atoms with Gasteiger partial charge in [-0.15, -0.1) is 0 Å². The van der Waals surface area contributed by atoms with Crippen molar-refractivity contribution >= 4 is 11.6 Å². The van der Waals surface area contributed by atoms with Crippen molar-refractivity contribution in [2.45, 2.75) is 44.2 Å². The van der Waals surface area contributed by atoms with Gasteiger partial charge in [0.25, 0.3) is 0 Å². The topological polar surface area (TPSA) is 75.0 Å². The van der Waals surface area contributed by atoms with Crippen molar-refractivity contribution in [2.75, 3.05) is 26.8 Å². The van der Waals surface area contributed by atoms with Gasteiger partial charge in [0, 0.05) is 56.4 Å². The lowest BCUT2D eigenvalue weighted by atomic mass is 9.93. The summed E-state index contributed by atoms with van der Waals surface area (Å²) >= 11 is 0. The second kappa shape index (κ2) is 9.49. The highest BCUT2D eigenvalue weighted by atomic mass is 16.5. The Bertz CT molecular complexity index is 905. The van der Waals surface area contributed by atoms with Gasteiger partial charge in [-0.25, -0.2) is 0 Å². The Kier molecular flexibility index (Phi) is 6.55. The summed E-state index contributed by atoms with van der Waals surface area (Å²) in [5.74, 6) is 1.20. The number of aliphatic imine (C=N–C) groups is 1. The fourth-order valence-corrected chi connectivity index (χ4v) is 4.32. The third-order valence-electron chi connectivity index (χ3n) is 5.94. The number of methoxy groups -OCH3 is 1. The number of rotatable bonds is 7. The average Bonchev–Trinajstić information content (AvgIpc) is 3.18. The molecule has 0 aliphatic carbocycles. The van der Waals surface area contributed by atoms with Gasteiger partial charge in [0.2, 0.25) is 0 Å². The zero-order chi connectivity index (χ0) is 20.9. The number of aliphatic hydroxyl groups is 1. The minimum atomic E-state index is -0.202. The van der Waals surface area contributed by atoms with Crippen LogP contribution in [0.3, 0.4) is 0 Å². The van der Waals surface area contributed by atoms with Gasteiger partial charge in [-0.2, -0.15) is 0 Å². The molecule has 0 unspecified atom stereocenters. The van der Waals surface area contributed by atoms with Gasteiger partial charge in [0.1, 0.15) is 11.6 Å². The van der Waals surface area contributed by atoms with Gasteiger partial charge < -0.3 is 14.7 Å². The summed E-state index contributed by atoms with van der Waals surface area (Å²) in [5.41, 5.74) is 4.11. The van der Waals surface area contributed by atoms with Gasteiger partial charge in [-0.3, -0.25) is 14.8 Å². The normalized spacial score (nSPS) is 17.5. The first-order valence-corrected chi connectivity index (χ1v) is 10.6. The lowest BCUT2D eigenvalue weighted by Crippen LogP contribution is -2.40. The van der Waals surface area contributed by atoms with Crippen LogP contribution in [-0.4, -0.2) is 59.5 Å². The van der Waals surface area contributed by atoms with Gasteiger partial charge in [-0.05, 0) is 30.0 Å². The molecule has 0 bridgehead atoms. The average molecular weight is 408 g/mol. The molecule has 1 fully saturated rings. The van der Waals surface area contributed by atoms with E-state index in [1.54, 1.807) is 7.11 Å². The number of piperidine rings is 1. The van der Waals surface area contributed by atoms with E-state index in [0.29, 0.717) is 26.0 Å². The second-order valence-corrected chi connectivity index (χ2v) is 8.17. The molecular weight excluding hydrogens is 378 g/mol. The van der Waals surface area contributed by atoms with Gasteiger partial charge in [-0.1, -0.05) is 30.3 Å². The number of ketones is 1. The minimum Gasteiger partial charge on any atom is -0.393 e. The van der Waals surface area contributed by atoms with Crippen LogP contribution in [0.15, 0.2) is 47.6 Å². The number of ether oxygens (including phenoxy) is 1. The number of nitrogens with zero attached hydrogens (tertiary/aromatic N) is 3. The van der Waals surface area contributed by atoms with Crippen molar-refractivity contribution in [3.05, 3.63) is 65.0 Å². The van der Waals surface area contributed by atoms with E-state index in [1.807, 2.05) is 42.6 Å². The maximum atomic E-state index is 12.8. The number of likely N-dealkylation sites (tertiary alicyclic amines) is 1. The number of aliphatic hydroxyl groups excluding tert-OH is 1. The van der Waals surface area contributed by atoms with E-state index in [2.05, 4.69) is 9.88 Å². The third-order valence-corrected chi connectivity index (χ3v) is 5.94. The minimum absolute atomic E-state index is 0.0579. The van der Waals surface area contributed by atoms with Crippen molar-refractivity contribution in [1.82, 2.24) is 9.88 Å². The van der Waals surface area contributed by atoms with Crippen LogP contribution in [0.2, 0.25) is 0 Å². The molecule has 2 aliphatic rings. The Balaban J connectivity index is 1.39. The summed E-state index contributed by atoms with van der Waals surface area (Å²) in [6.45, 7) is 2.79. The summed E-state index contributed by atoms with van der Waals surface area (Å²) in [6.07, 6.45) is 3.97. The Morgan fingerprint density at radius 2 is 2.03 bits per heavy atom. The van der Waals surface area contributed by atoms with Crippen LogP contribution in [0.25, 0.3) is 0 Å². The zero-order valence-corrected chi connectivity index (χ0v) is 17.5. The van der Waals surface area contributed by atoms with Crippen LogP contribution in [0.4, 0.5) is 0 Å². The summed E-state index contributed by atoms with van der Waals surface area (Å²) in [5, 5.41) is 9.74. The number of fused-ring (bicyclic) bond motifs is 1. The van der Waals surface area contributed by atoms with E-state index in [9.17, 15) is 9.90 Å². The highest BCUT2D eigenvalue weighted by Crippen LogP contribution is 2.25. The zero-order valence-electron chi connectivity index (χ0n) is 17.5. The first-order valence-electron chi connectivity index (χ1n) is 10.6. The van der Waals surface area contributed by atoms with Gasteiger partial charge in [0.15, 0.2) is 0 Å². The summed E-state index contributed by atoms with van der Waals surface area (Å²) in [6, 6.07) is 12.1. The summed E-state index contributed by atoms with van der Waals surface area (Å²) in [4.78, 5) is 24.3. The van der Waals surface area contributed by atoms with Crippen molar-refractivity contribution in [2.24, 2.45) is 4.99 Å². The molecule has 0 radical (unpaired) electrons. The molecule has 0 amide bonds. The maximum absolute atomic E-state index is 12.8. The number of carbonyl (C=O) groups excluding carboxylic acids is 1. The molecule has 3 heterocycles. The molecule has 4 rings (SSSR count). The number of carbonyl (C=O) groups is 1. The molecule has 2 aromatic rings. The molecule has 6 nitrogen and oxygen atoms in total. The maximum Gasteiger partial charge on any atom is 0.139 e. The highest BCUT2D eigenvalue weighted by Gasteiger charge is 2.26. The smallest absolute Gasteiger partial charge is 0.139 e. The molecule has 1 atom stereocenters. The monoisotopic (exact) mass is 407 g/mol. The Labute approximate surface area is 177 Å². The molecule has 1 saturated heterocycles. The molecule has 1 aromatic carbocycles. The lowest BCUT2D eigenvalue weighted by Gasteiger charge is -2.31. The SMILES string of the molecule is COC[C@@H](CC(=O)Cc1cc2c(cn1)C(N1CCC(O)CC1)=NC2)c1ccccc1. The third kappa shape index (κ3) is 4.77. The molecular formula is C24H29N3O3. The molecule has 1 N–H and O–H groups in total. The standard InChI is InChI=1S/C24H29N3O3/c1-30-16-19(17-5-3-2-4-6-17)12-22(29)13-20-11-18-14-26-24(23(18)15-25-20)27-9-7-21(28)8-10-27/h2-6,11,15,19,21,28H,7-10,12-14,16H2,1H3/t19-/m1/s1. The first kappa shape index (κ1) is 20.7. The number of pyridine rings is 1. The van der Waals surface area contributed by atoms with E-state index in [0.717, 1.165) is 54.2 Å². The fraction of sp³-hybridized carbons (Fsp3) is 0.458. The summed E-state index contributed by atoms with van der Waals surface area (Å²) in [7, 11) is 1.67. The number of hydrogen-bond acceptors (Lipinski definition) is 6. The van der Waals surface area contributed by atoms with Crippen LogP contribution >= 0.6 is 0 Å². The largest absolute Gasteiger partial charge is 0.393 e. The fourth-order valence-electron chi connectivity index (χ4n) is 4.32. The predicted octanol–water partition coefficient (Wildman–Crippen LogP) is 2.73. The van der Waals surface area contributed by atoms with Crippen molar-refractivity contribution in [1.29, 1.82) is 0 Å². The number of Topliss-reactive ketones (excluding diaryl/α,β-unsaturated/α-hetero) is 1. The Morgan fingerprint density at radius 1 is 1.27 bits per heavy atom. The van der Waals surface area contributed by atoms with E-state index in [-0.39, 0.29) is 17.8 Å². The molecule has 0 spiro atoms. The van der Waals surface area contributed by atoms with Gasteiger partial charge in [0.05, 0.1) is 19.3 Å². The Hall–Kier alpha value is -2.57. The van der Waals surface area contributed by atoms with Crippen LogP contribution in [0.5, 0.6) is 0 Å². The molecule has 6 heteroatoms. The number of hydrogen-bond donors (Lipinski definition) is 1. The quantitative estimate of drug-likeness (QED) is 0.764. The molecule has 0 saturated carbocycles. The van der Waals surface area contributed by atoms with Crippen LogP contribution in [0, 0.1) is 0 Å². The molecule has 2 aliphatic heterocycles. The Morgan fingerprint density at radius 3 is 2.77 bits per heavy atom. The van der Waals surface area contributed by atoms with Crippen molar-refractivity contribution in [3.8, 4) is 0 Å². The second-order valence-electron chi connectivity index (χ2n) is 8.17. The van der Waals surface area contributed by atoms with E-state index < -0.39 is 0 Å². The van der Waals surface area contributed by atoms with Crippen molar-refractivity contribution in [3.63, 3.8) is 0 Å².